The molecule has 2 rings (SSSR count). The van der Waals surface area contributed by atoms with Gasteiger partial charge in [0.05, 0.1) is 5.69 Å². The summed E-state index contributed by atoms with van der Waals surface area (Å²) in [7, 11) is 0. The maximum atomic E-state index is 13.7. The number of rotatable bonds is 4. The smallest absolute Gasteiger partial charge is 0.198 e. The third-order valence-corrected chi connectivity index (χ3v) is 2.59. The molecule has 0 atom stereocenters. The van der Waals surface area contributed by atoms with Crippen molar-refractivity contribution in [2.24, 2.45) is 0 Å². The van der Waals surface area contributed by atoms with Crippen molar-refractivity contribution in [3.05, 3.63) is 29.4 Å². The molecule has 1 N–H and O–H groups in total. The SMILES string of the molecule is CCNc1nc(-c2ccc(CC)o2)nc(C)c1F. The van der Waals surface area contributed by atoms with Gasteiger partial charge in [0.15, 0.2) is 23.2 Å². The van der Waals surface area contributed by atoms with Crippen LogP contribution >= 0.6 is 0 Å². The lowest BCUT2D eigenvalue weighted by Crippen LogP contribution is -2.06. The lowest BCUT2D eigenvalue weighted by atomic mass is 10.3. The molecule has 5 heteroatoms. The number of halogens is 1. The van der Waals surface area contributed by atoms with Gasteiger partial charge in [0.1, 0.15) is 5.76 Å². The lowest BCUT2D eigenvalue weighted by Gasteiger charge is -2.07. The molecular formula is C13H16FN3O. The summed E-state index contributed by atoms with van der Waals surface area (Å²) in [5.74, 6) is 1.64. The van der Waals surface area contributed by atoms with Gasteiger partial charge in [0, 0.05) is 13.0 Å². The van der Waals surface area contributed by atoms with Crippen LogP contribution in [0.2, 0.25) is 0 Å². The van der Waals surface area contributed by atoms with Crippen LogP contribution in [0.1, 0.15) is 25.3 Å². The largest absolute Gasteiger partial charge is 0.458 e. The fourth-order valence-corrected chi connectivity index (χ4v) is 1.64. The number of aryl methyl sites for hydroxylation is 2. The molecule has 0 fully saturated rings. The van der Waals surface area contributed by atoms with Crippen LogP contribution in [0.3, 0.4) is 0 Å². The Morgan fingerprint density at radius 1 is 1.28 bits per heavy atom. The van der Waals surface area contributed by atoms with E-state index in [-0.39, 0.29) is 5.82 Å². The van der Waals surface area contributed by atoms with E-state index < -0.39 is 5.82 Å². The zero-order valence-corrected chi connectivity index (χ0v) is 10.7. The molecule has 2 aromatic heterocycles. The van der Waals surface area contributed by atoms with E-state index in [2.05, 4.69) is 15.3 Å². The molecule has 0 amide bonds. The van der Waals surface area contributed by atoms with Crippen LogP contribution in [0.15, 0.2) is 16.5 Å². The molecule has 0 bridgehead atoms. The van der Waals surface area contributed by atoms with Gasteiger partial charge in [0.25, 0.3) is 0 Å². The van der Waals surface area contributed by atoms with Crippen LogP contribution in [0, 0.1) is 12.7 Å². The predicted octanol–water partition coefficient (Wildman–Crippen LogP) is 3.18. The minimum Gasteiger partial charge on any atom is -0.458 e. The van der Waals surface area contributed by atoms with Crippen LogP contribution in [0.5, 0.6) is 0 Å². The van der Waals surface area contributed by atoms with Gasteiger partial charge in [-0.1, -0.05) is 6.92 Å². The normalized spacial score (nSPS) is 10.7. The Hall–Kier alpha value is -1.91. The molecule has 18 heavy (non-hydrogen) atoms. The summed E-state index contributed by atoms with van der Waals surface area (Å²) in [6, 6.07) is 3.69. The summed E-state index contributed by atoms with van der Waals surface area (Å²) in [5, 5.41) is 2.88. The van der Waals surface area contributed by atoms with Crippen molar-refractivity contribution in [3.63, 3.8) is 0 Å². The van der Waals surface area contributed by atoms with E-state index in [1.807, 2.05) is 19.9 Å². The van der Waals surface area contributed by atoms with Crippen molar-refractivity contribution in [1.82, 2.24) is 9.97 Å². The number of nitrogens with zero attached hydrogens (tertiary/aromatic N) is 2. The standard InChI is InChI=1S/C13H16FN3O/c1-4-9-6-7-10(18-9)12-16-8(3)11(14)13(17-12)15-5-2/h6-7H,4-5H2,1-3H3,(H,15,16,17). The van der Waals surface area contributed by atoms with Crippen molar-refractivity contribution in [2.45, 2.75) is 27.2 Å². The van der Waals surface area contributed by atoms with Crippen molar-refractivity contribution >= 4 is 5.82 Å². The predicted molar refractivity (Wildman–Crippen MR) is 68.0 cm³/mol. The minimum absolute atomic E-state index is 0.217. The highest BCUT2D eigenvalue weighted by molar-refractivity contribution is 5.52. The Kier molecular flexibility index (Phi) is 3.60. The molecule has 96 valence electrons. The third-order valence-electron chi connectivity index (χ3n) is 2.59. The first-order chi connectivity index (χ1) is 8.65. The van der Waals surface area contributed by atoms with E-state index >= 15 is 0 Å². The molecule has 0 aliphatic heterocycles. The Morgan fingerprint density at radius 3 is 2.67 bits per heavy atom. The summed E-state index contributed by atoms with van der Waals surface area (Å²) in [6.45, 7) is 6.11. The second kappa shape index (κ2) is 5.16. The van der Waals surface area contributed by atoms with Crippen LogP contribution in [0.4, 0.5) is 10.2 Å². The molecule has 4 nitrogen and oxygen atoms in total. The van der Waals surface area contributed by atoms with Gasteiger partial charge in [-0.2, -0.15) is 0 Å². The van der Waals surface area contributed by atoms with E-state index in [0.717, 1.165) is 12.2 Å². The number of anilines is 1. The molecule has 0 aliphatic carbocycles. The summed E-state index contributed by atoms with van der Waals surface area (Å²) >= 11 is 0. The first-order valence-corrected chi connectivity index (χ1v) is 6.02. The van der Waals surface area contributed by atoms with Crippen molar-refractivity contribution in [1.29, 1.82) is 0 Å². The van der Waals surface area contributed by atoms with Crippen LogP contribution < -0.4 is 5.32 Å². The number of furan rings is 1. The average molecular weight is 249 g/mol. The van der Waals surface area contributed by atoms with E-state index in [0.29, 0.717) is 23.8 Å². The van der Waals surface area contributed by atoms with Crippen molar-refractivity contribution in [3.8, 4) is 11.6 Å². The van der Waals surface area contributed by atoms with E-state index in [1.165, 1.54) is 0 Å². The Bertz CT molecular complexity index is 551. The Morgan fingerprint density at radius 2 is 2.06 bits per heavy atom. The van der Waals surface area contributed by atoms with Crippen LogP contribution in [0.25, 0.3) is 11.6 Å². The molecule has 2 aromatic rings. The maximum absolute atomic E-state index is 13.7. The van der Waals surface area contributed by atoms with E-state index in [4.69, 9.17) is 4.42 Å². The fraction of sp³-hybridized carbons (Fsp3) is 0.385. The van der Waals surface area contributed by atoms with Crippen molar-refractivity contribution < 1.29 is 8.81 Å². The molecule has 0 spiro atoms. The van der Waals surface area contributed by atoms with Gasteiger partial charge in [-0.15, -0.1) is 0 Å². The molecular weight excluding hydrogens is 233 g/mol. The number of aromatic nitrogens is 2. The molecule has 0 saturated carbocycles. The zero-order chi connectivity index (χ0) is 13.1. The summed E-state index contributed by atoms with van der Waals surface area (Å²) in [4.78, 5) is 8.26. The van der Waals surface area contributed by atoms with Gasteiger partial charge < -0.3 is 9.73 Å². The molecule has 0 unspecified atom stereocenters. The van der Waals surface area contributed by atoms with Crippen molar-refractivity contribution in [2.75, 3.05) is 11.9 Å². The van der Waals surface area contributed by atoms with Gasteiger partial charge >= 0.3 is 0 Å². The second-order valence-corrected chi connectivity index (χ2v) is 3.95. The first-order valence-electron chi connectivity index (χ1n) is 6.02. The van der Waals surface area contributed by atoms with Gasteiger partial charge in [0.2, 0.25) is 0 Å². The van der Waals surface area contributed by atoms with Gasteiger partial charge in [-0.3, -0.25) is 0 Å². The summed E-state index contributed by atoms with van der Waals surface area (Å²) < 4.78 is 19.3. The second-order valence-electron chi connectivity index (χ2n) is 3.95. The minimum atomic E-state index is -0.414. The topological polar surface area (TPSA) is 51.0 Å². The maximum Gasteiger partial charge on any atom is 0.198 e. The fourth-order valence-electron chi connectivity index (χ4n) is 1.64. The monoisotopic (exact) mass is 249 g/mol. The molecule has 0 aliphatic rings. The third kappa shape index (κ3) is 2.34. The Balaban J connectivity index is 2.44. The summed E-state index contributed by atoms with van der Waals surface area (Å²) in [6.07, 6.45) is 0.806. The molecule has 2 heterocycles. The molecule has 0 aromatic carbocycles. The highest BCUT2D eigenvalue weighted by atomic mass is 19.1. The highest BCUT2D eigenvalue weighted by Crippen LogP contribution is 2.23. The van der Waals surface area contributed by atoms with Crippen LogP contribution in [-0.2, 0) is 6.42 Å². The number of nitrogens with one attached hydrogen (secondary N) is 1. The average Bonchev–Trinajstić information content (AvgIpc) is 2.83. The highest BCUT2D eigenvalue weighted by Gasteiger charge is 2.14. The lowest BCUT2D eigenvalue weighted by molar-refractivity contribution is 0.524. The van der Waals surface area contributed by atoms with Gasteiger partial charge in [-0.05, 0) is 26.0 Å². The number of hydrogen-bond acceptors (Lipinski definition) is 4. The van der Waals surface area contributed by atoms with E-state index in [1.54, 1.807) is 13.0 Å². The quantitative estimate of drug-likeness (QED) is 0.904. The summed E-state index contributed by atoms with van der Waals surface area (Å²) in [5.41, 5.74) is 0.311. The molecule has 0 radical (unpaired) electrons. The van der Waals surface area contributed by atoms with Crippen LogP contribution in [-0.4, -0.2) is 16.5 Å². The van der Waals surface area contributed by atoms with Gasteiger partial charge in [-0.25, -0.2) is 14.4 Å². The zero-order valence-electron chi connectivity index (χ0n) is 10.7. The number of hydrogen-bond donors (Lipinski definition) is 1. The van der Waals surface area contributed by atoms with E-state index in [9.17, 15) is 4.39 Å². The molecule has 0 saturated heterocycles. The first kappa shape index (κ1) is 12.5. The Labute approximate surface area is 105 Å².